The minimum atomic E-state index is 0.145. The first kappa shape index (κ1) is 6.89. The van der Waals surface area contributed by atoms with Crippen molar-refractivity contribution in [3.05, 3.63) is 9.21 Å². The normalized spacial score (nSPS) is 20.9. The van der Waals surface area contributed by atoms with Crippen molar-refractivity contribution < 1.29 is 0 Å². The van der Waals surface area contributed by atoms with Crippen molar-refractivity contribution in [2.45, 2.75) is 5.08 Å². The molecule has 0 bridgehead atoms. The maximum absolute atomic E-state index is 3.30. The molecule has 5 heteroatoms. The Hall–Kier alpha value is 0.780. The first-order chi connectivity index (χ1) is 3.70. The van der Waals surface area contributed by atoms with Crippen LogP contribution in [0.3, 0.4) is 0 Å². The van der Waals surface area contributed by atoms with Crippen LogP contribution < -0.4 is 10.6 Å². The van der Waals surface area contributed by atoms with Crippen LogP contribution in [0.5, 0.6) is 0 Å². The molecule has 8 heavy (non-hydrogen) atoms. The first-order valence-corrected chi connectivity index (χ1v) is 4.43. The van der Waals surface area contributed by atoms with E-state index in [0.29, 0.717) is 0 Å². The van der Waals surface area contributed by atoms with E-state index in [-0.39, 0.29) is 5.08 Å². The molecular formula is C3H3Br3N2. The Kier molecular flexibility index (Phi) is 2.22. The second-order valence-electron chi connectivity index (χ2n) is 1.28. The summed E-state index contributed by atoms with van der Waals surface area (Å²) in [4.78, 5) is 0. The van der Waals surface area contributed by atoms with Gasteiger partial charge in [0, 0.05) is 0 Å². The summed E-state index contributed by atoms with van der Waals surface area (Å²) in [5.74, 6) is 0. The number of nitrogens with one attached hydrogen (secondary N) is 2. The molecule has 0 radical (unpaired) electrons. The summed E-state index contributed by atoms with van der Waals surface area (Å²) in [6.45, 7) is 0. The Morgan fingerprint density at radius 3 is 1.62 bits per heavy atom. The minimum absolute atomic E-state index is 0.145. The lowest BCUT2D eigenvalue weighted by Gasteiger charge is -2.00. The van der Waals surface area contributed by atoms with Gasteiger partial charge in [0.15, 0.2) is 5.08 Å². The number of alkyl halides is 1. The zero-order valence-corrected chi connectivity index (χ0v) is 8.47. The fourth-order valence-corrected chi connectivity index (χ4v) is 2.14. The molecule has 1 aliphatic heterocycles. The monoisotopic (exact) mass is 304 g/mol. The maximum Gasteiger partial charge on any atom is 0.155 e. The molecule has 0 unspecified atom stereocenters. The Labute approximate surface area is 72.5 Å². The van der Waals surface area contributed by atoms with Gasteiger partial charge >= 0.3 is 0 Å². The Bertz CT molecular complexity index is 118. The maximum atomic E-state index is 3.30. The van der Waals surface area contributed by atoms with E-state index in [1.165, 1.54) is 0 Å². The standard InChI is InChI=1S/C3H3Br3N2/c4-1-2(5)8-3(6)7-1/h3,7-8H. The molecule has 0 atom stereocenters. The van der Waals surface area contributed by atoms with E-state index in [4.69, 9.17) is 0 Å². The molecule has 0 saturated heterocycles. The predicted octanol–water partition coefficient (Wildman–Crippen LogP) is 1.77. The lowest BCUT2D eigenvalue weighted by Crippen LogP contribution is -2.24. The molecule has 1 aliphatic rings. The molecule has 2 nitrogen and oxygen atoms in total. The van der Waals surface area contributed by atoms with Gasteiger partial charge in [0.1, 0.15) is 9.21 Å². The van der Waals surface area contributed by atoms with E-state index >= 15 is 0 Å². The van der Waals surface area contributed by atoms with Gasteiger partial charge in [-0.15, -0.1) is 0 Å². The van der Waals surface area contributed by atoms with Gasteiger partial charge in [0.2, 0.25) is 0 Å². The zero-order chi connectivity index (χ0) is 6.15. The predicted molar refractivity (Wildman–Crippen MR) is 43.9 cm³/mol. The molecule has 0 fully saturated rings. The summed E-state index contributed by atoms with van der Waals surface area (Å²) in [6.07, 6.45) is 0. The van der Waals surface area contributed by atoms with Crippen molar-refractivity contribution >= 4 is 47.8 Å². The van der Waals surface area contributed by atoms with Gasteiger partial charge in [-0.05, 0) is 47.8 Å². The summed E-state index contributed by atoms with van der Waals surface area (Å²) in [7, 11) is 0. The van der Waals surface area contributed by atoms with Crippen LogP contribution in [0.2, 0.25) is 0 Å². The number of halogens is 3. The first-order valence-electron chi connectivity index (χ1n) is 1.92. The fraction of sp³-hybridized carbons (Fsp3) is 0.333. The summed E-state index contributed by atoms with van der Waals surface area (Å²) < 4.78 is 1.89. The highest BCUT2D eigenvalue weighted by atomic mass is 79.9. The Morgan fingerprint density at radius 2 is 1.50 bits per heavy atom. The molecule has 0 aromatic heterocycles. The van der Waals surface area contributed by atoms with E-state index in [1.54, 1.807) is 0 Å². The van der Waals surface area contributed by atoms with E-state index in [2.05, 4.69) is 58.4 Å². The van der Waals surface area contributed by atoms with Crippen molar-refractivity contribution in [3.63, 3.8) is 0 Å². The molecule has 2 N–H and O–H groups in total. The number of hydrogen-bond acceptors (Lipinski definition) is 2. The molecule has 46 valence electrons. The van der Waals surface area contributed by atoms with E-state index in [9.17, 15) is 0 Å². The van der Waals surface area contributed by atoms with Crippen molar-refractivity contribution in [2.75, 3.05) is 0 Å². The fourth-order valence-electron chi connectivity index (χ4n) is 0.385. The molecule has 1 heterocycles. The average Bonchev–Trinajstić information content (AvgIpc) is 1.85. The number of hydrogen-bond donors (Lipinski definition) is 2. The van der Waals surface area contributed by atoms with Crippen molar-refractivity contribution in [1.29, 1.82) is 0 Å². The lowest BCUT2D eigenvalue weighted by molar-refractivity contribution is 0.779. The minimum Gasteiger partial charge on any atom is -0.349 e. The van der Waals surface area contributed by atoms with Crippen LogP contribution >= 0.6 is 47.8 Å². The average molecular weight is 307 g/mol. The summed E-state index contributed by atoms with van der Waals surface area (Å²) in [5.41, 5.74) is 0. The van der Waals surface area contributed by atoms with E-state index in [0.717, 1.165) is 9.21 Å². The van der Waals surface area contributed by atoms with Crippen molar-refractivity contribution in [3.8, 4) is 0 Å². The largest absolute Gasteiger partial charge is 0.349 e. The van der Waals surface area contributed by atoms with Crippen LogP contribution in [0.4, 0.5) is 0 Å². The molecule has 1 rings (SSSR count). The van der Waals surface area contributed by atoms with Gasteiger partial charge in [-0.1, -0.05) is 0 Å². The molecule has 0 spiro atoms. The summed E-state index contributed by atoms with van der Waals surface area (Å²) >= 11 is 9.84. The third-order valence-electron chi connectivity index (χ3n) is 0.700. The van der Waals surface area contributed by atoms with Gasteiger partial charge in [-0.25, -0.2) is 0 Å². The third kappa shape index (κ3) is 1.39. The SMILES string of the molecule is BrC1=C(Br)NC(Br)N1. The topological polar surface area (TPSA) is 24.1 Å². The zero-order valence-electron chi connectivity index (χ0n) is 3.71. The molecule has 0 aromatic rings. The Morgan fingerprint density at radius 1 is 1.12 bits per heavy atom. The smallest absolute Gasteiger partial charge is 0.155 e. The second kappa shape index (κ2) is 2.58. The van der Waals surface area contributed by atoms with Crippen LogP contribution in [0, 0.1) is 0 Å². The molecule has 0 amide bonds. The van der Waals surface area contributed by atoms with Crippen LogP contribution in [-0.4, -0.2) is 5.08 Å². The van der Waals surface area contributed by atoms with Crippen LogP contribution in [0.15, 0.2) is 9.21 Å². The molecule has 0 aliphatic carbocycles. The van der Waals surface area contributed by atoms with Crippen LogP contribution in [-0.2, 0) is 0 Å². The summed E-state index contributed by atoms with van der Waals surface area (Å²) in [5, 5.41) is 6.19. The van der Waals surface area contributed by atoms with Gasteiger partial charge in [0.05, 0.1) is 0 Å². The van der Waals surface area contributed by atoms with Gasteiger partial charge < -0.3 is 10.6 Å². The molecular weight excluding hydrogens is 304 g/mol. The van der Waals surface area contributed by atoms with Crippen molar-refractivity contribution in [1.82, 2.24) is 10.6 Å². The molecule has 0 aromatic carbocycles. The quantitative estimate of drug-likeness (QED) is 0.526. The highest BCUT2D eigenvalue weighted by Crippen LogP contribution is 2.20. The molecule has 0 saturated carbocycles. The van der Waals surface area contributed by atoms with Gasteiger partial charge in [-0.3, -0.25) is 0 Å². The van der Waals surface area contributed by atoms with Crippen molar-refractivity contribution in [2.24, 2.45) is 0 Å². The van der Waals surface area contributed by atoms with Gasteiger partial charge in [0.25, 0.3) is 0 Å². The van der Waals surface area contributed by atoms with E-state index < -0.39 is 0 Å². The van der Waals surface area contributed by atoms with E-state index in [1.807, 2.05) is 0 Å². The third-order valence-corrected chi connectivity index (χ3v) is 2.94. The summed E-state index contributed by atoms with van der Waals surface area (Å²) in [6, 6.07) is 0. The second-order valence-corrected chi connectivity index (χ2v) is 3.78. The van der Waals surface area contributed by atoms with Gasteiger partial charge in [-0.2, -0.15) is 0 Å². The highest BCUT2D eigenvalue weighted by Gasteiger charge is 2.14. The van der Waals surface area contributed by atoms with Crippen LogP contribution in [0.1, 0.15) is 0 Å². The van der Waals surface area contributed by atoms with Crippen LogP contribution in [0.25, 0.3) is 0 Å². The highest BCUT2D eigenvalue weighted by molar-refractivity contribution is 9.14. The number of rotatable bonds is 0. The lowest BCUT2D eigenvalue weighted by atomic mass is 11.0. The Balaban J connectivity index is 2.60.